The second-order valence-electron chi connectivity index (χ2n) is 9.18. The third-order valence-corrected chi connectivity index (χ3v) is 6.87. The zero-order valence-electron chi connectivity index (χ0n) is 18.6. The second kappa shape index (κ2) is 11.5. The lowest BCUT2D eigenvalue weighted by Gasteiger charge is -2.28. The van der Waals surface area contributed by atoms with Crippen molar-refractivity contribution in [2.75, 3.05) is 0 Å². The molecule has 1 saturated carbocycles. The Hall–Kier alpha value is -1.63. The summed E-state index contributed by atoms with van der Waals surface area (Å²) >= 11 is 0. The van der Waals surface area contributed by atoms with Crippen molar-refractivity contribution in [3.63, 3.8) is 0 Å². The molecular formula is C28H39F. The van der Waals surface area contributed by atoms with E-state index in [9.17, 15) is 4.39 Å². The van der Waals surface area contributed by atoms with Crippen LogP contribution in [0.3, 0.4) is 0 Å². The molecule has 0 spiro atoms. The maximum absolute atomic E-state index is 14.6. The van der Waals surface area contributed by atoms with Crippen LogP contribution in [0.2, 0.25) is 0 Å². The third kappa shape index (κ3) is 6.69. The van der Waals surface area contributed by atoms with Crippen LogP contribution in [0, 0.1) is 17.7 Å². The van der Waals surface area contributed by atoms with Crippen LogP contribution in [0.5, 0.6) is 0 Å². The van der Waals surface area contributed by atoms with E-state index in [0.29, 0.717) is 0 Å². The Morgan fingerprint density at radius 1 is 0.724 bits per heavy atom. The number of rotatable bonds is 10. The molecule has 0 unspecified atom stereocenters. The quantitative estimate of drug-likeness (QED) is 0.353. The fourth-order valence-corrected chi connectivity index (χ4v) is 4.97. The first kappa shape index (κ1) is 22.1. The average molecular weight is 395 g/mol. The van der Waals surface area contributed by atoms with Crippen molar-refractivity contribution in [3.05, 3.63) is 59.4 Å². The van der Waals surface area contributed by atoms with Crippen LogP contribution in [-0.2, 0) is 12.8 Å². The highest BCUT2D eigenvalue weighted by molar-refractivity contribution is 5.64. The predicted molar refractivity (Wildman–Crippen MR) is 124 cm³/mol. The Morgan fingerprint density at radius 3 is 2.00 bits per heavy atom. The number of unbranched alkanes of at least 4 members (excludes halogenated alkanes) is 2. The van der Waals surface area contributed by atoms with Crippen LogP contribution in [0.1, 0.15) is 89.2 Å². The van der Waals surface area contributed by atoms with Gasteiger partial charge in [-0.15, -0.1) is 0 Å². The Kier molecular flexibility index (Phi) is 8.77. The summed E-state index contributed by atoms with van der Waals surface area (Å²) in [5, 5.41) is 0. The molecule has 0 radical (unpaired) electrons. The summed E-state index contributed by atoms with van der Waals surface area (Å²) in [4.78, 5) is 0. The van der Waals surface area contributed by atoms with Crippen LogP contribution < -0.4 is 0 Å². The monoisotopic (exact) mass is 394 g/mol. The minimum absolute atomic E-state index is 0.0874. The molecule has 158 valence electrons. The highest BCUT2D eigenvalue weighted by atomic mass is 19.1. The van der Waals surface area contributed by atoms with Gasteiger partial charge in [-0.25, -0.2) is 4.39 Å². The van der Waals surface area contributed by atoms with Crippen molar-refractivity contribution in [1.82, 2.24) is 0 Å². The second-order valence-corrected chi connectivity index (χ2v) is 9.18. The van der Waals surface area contributed by atoms with Gasteiger partial charge in [0.2, 0.25) is 0 Å². The van der Waals surface area contributed by atoms with Crippen molar-refractivity contribution in [2.45, 2.75) is 90.9 Å². The zero-order valence-corrected chi connectivity index (χ0v) is 18.6. The van der Waals surface area contributed by atoms with Crippen LogP contribution in [0.4, 0.5) is 4.39 Å². The third-order valence-electron chi connectivity index (χ3n) is 6.87. The molecule has 1 aliphatic carbocycles. The van der Waals surface area contributed by atoms with Gasteiger partial charge >= 0.3 is 0 Å². The van der Waals surface area contributed by atoms with E-state index in [1.807, 2.05) is 6.07 Å². The van der Waals surface area contributed by atoms with Gasteiger partial charge in [0.05, 0.1) is 0 Å². The summed E-state index contributed by atoms with van der Waals surface area (Å²) in [6.07, 6.45) is 15.5. The molecule has 0 atom stereocenters. The van der Waals surface area contributed by atoms with E-state index in [2.05, 4.69) is 44.2 Å². The van der Waals surface area contributed by atoms with Gasteiger partial charge in [0, 0.05) is 5.56 Å². The summed E-state index contributed by atoms with van der Waals surface area (Å²) in [6.45, 7) is 4.51. The van der Waals surface area contributed by atoms with Gasteiger partial charge in [0.15, 0.2) is 0 Å². The van der Waals surface area contributed by atoms with Crippen molar-refractivity contribution in [3.8, 4) is 11.1 Å². The Labute approximate surface area is 177 Å². The van der Waals surface area contributed by atoms with Crippen LogP contribution >= 0.6 is 0 Å². The fourth-order valence-electron chi connectivity index (χ4n) is 4.97. The smallest absolute Gasteiger partial charge is 0.131 e. The fraction of sp³-hybridized carbons (Fsp3) is 0.571. The van der Waals surface area contributed by atoms with Crippen LogP contribution in [0.25, 0.3) is 11.1 Å². The lowest BCUT2D eigenvalue weighted by Crippen LogP contribution is -2.15. The highest BCUT2D eigenvalue weighted by Crippen LogP contribution is 2.34. The summed E-state index contributed by atoms with van der Waals surface area (Å²) in [5.41, 5.74) is 4.22. The molecular weight excluding hydrogens is 355 g/mol. The van der Waals surface area contributed by atoms with E-state index in [1.54, 1.807) is 6.07 Å². The van der Waals surface area contributed by atoms with Crippen molar-refractivity contribution in [1.29, 1.82) is 0 Å². The molecule has 1 heteroatoms. The lowest BCUT2D eigenvalue weighted by atomic mass is 9.78. The van der Waals surface area contributed by atoms with E-state index in [4.69, 9.17) is 0 Å². The van der Waals surface area contributed by atoms with E-state index in [0.717, 1.165) is 47.8 Å². The lowest BCUT2D eigenvalue weighted by molar-refractivity contribution is 0.252. The molecule has 0 saturated heterocycles. The molecule has 0 amide bonds. The Bertz CT molecular complexity index is 722. The molecule has 0 nitrogen and oxygen atoms in total. The standard InChI is InChI=1S/C28H39F/c1-3-5-6-8-25-17-20-27(28(29)21-25)26-18-15-24(16-19-26)14-13-23-11-9-22(7-4-2)10-12-23/h15-23H,3-14H2,1-2H3/t22-,23-. The first-order valence-corrected chi connectivity index (χ1v) is 12.1. The average Bonchev–Trinajstić information content (AvgIpc) is 2.74. The van der Waals surface area contributed by atoms with Gasteiger partial charge < -0.3 is 0 Å². The van der Waals surface area contributed by atoms with E-state index in [-0.39, 0.29) is 5.82 Å². The molecule has 2 aromatic carbocycles. The van der Waals surface area contributed by atoms with E-state index in [1.165, 1.54) is 63.4 Å². The minimum atomic E-state index is -0.0874. The molecule has 0 aromatic heterocycles. The van der Waals surface area contributed by atoms with Crippen LogP contribution in [-0.4, -0.2) is 0 Å². The molecule has 1 aliphatic rings. The summed E-state index contributed by atoms with van der Waals surface area (Å²) in [7, 11) is 0. The summed E-state index contributed by atoms with van der Waals surface area (Å²) in [5.74, 6) is 1.81. The number of benzene rings is 2. The first-order chi connectivity index (χ1) is 14.2. The zero-order chi connectivity index (χ0) is 20.5. The number of aryl methyl sites for hydroxylation is 2. The van der Waals surface area contributed by atoms with Crippen molar-refractivity contribution < 1.29 is 4.39 Å². The molecule has 29 heavy (non-hydrogen) atoms. The molecule has 0 aliphatic heterocycles. The van der Waals surface area contributed by atoms with E-state index < -0.39 is 0 Å². The topological polar surface area (TPSA) is 0 Å². The van der Waals surface area contributed by atoms with Crippen molar-refractivity contribution in [2.24, 2.45) is 11.8 Å². The van der Waals surface area contributed by atoms with Gasteiger partial charge in [-0.05, 0) is 60.3 Å². The molecule has 0 bridgehead atoms. The molecule has 0 N–H and O–H groups in total. The molecule has 0 heterocycles. The molecule has 3 rings (SSSR count). The number of halogens is 1. The maximum Gasteiger partial charge on any atom is 0.131 e. The van der Waals surface area contributed by atoms with Gasteiger partial charge in [0.1, 0.15) is 5.82 Å². The van der Waals surface area contributed by atoms with E-state index >= 15 is 0 Å². The Morgan fingerprint density at radius 2 is 1.38 bits per heavy atom. The normalized spacial score (nSPS) is 19.4. The minimum Gasteiger partial charge on any atom is -0.206 e. The maximum atomic E-state index is 14.6. The predicted octanol–water partition coefficient (Wildman–Crippen LogP) is 8.76. The van der Waals surface area contributed by atoms with Crippen molar-refractivity contribution >= 4 is 0 Å². The van der Waals surface area contributed by atoms with Gasteiger partial charge in [-0.1, -0.05) is 102 Å². The number of hydrogen-bond acceptors (Lipinski definition) is 0. The summed E-state index contributed by atoms with van der Waals surface area (Å²) < 4.78 is 14.6. The van der Waals surface area contributed by atoms with Gasteiger partial charge in [-0.3, -0.25) is 0 Å². The highest BCUT2D eigenvalue weighted by Gasteiger charge is 2.20. The Balaban J connectivity index is 1.51. The first-order valence-electron chi connectivity index (χ1n) is 12.1. The largest absolute Gasteiger partial charge is 0.206 e. The number of hydrogen-bond donors (Lipinski definition) is 0. The van der Waals surface area contributed by atoms with Crippen LogP contribution in [0.15, 0.2) is 42.5 Å². The summed E-state index contributed by atoms with van der Waals surface area (Å²) in [6, 6.07) is 14.4. The van der Waals surface area contributed by atoms with Gasteiger partial charge in [0.25, 0.3) is 0 Å². The SMILES string of the molecule is CCCCCc1ccc(-c2ccc(CC[C@H]3CC[C@H](CCC)CC3)cc2)c(F)c1. The van der Waals surface area contributed by atoms with Gasteiger partial charge in [-0.2, -0.15) is 0 Å². The molecule has 1 fully saturated rings. The molecule has 2 aromatic rings.